The molecule has 0 radical (unpaired) electrons. The van der Waals surface area contributed by atoms with Gasteiger partial charge < -0.3 is 4.90 Å². The van der Waals surface area contributed by atoms with Crippen LogP contribution in [-0.4, -0.2) is 17.5 Å². The van der Waals surface area contributed by atoms with Crippen molar-refractivity contribution in [2.24, 2.45) is 0 Å². The number of hydrogen-bond acceptors (Lipinski definition) is 1. The Balaban J connectivity index is 4.58. The molecule has 0 rings (SSSR count). The van der Waals surface area contributed by atoms with Crippen LogP contribution in [0.2, 0.25) is 0 Å². The standard InChI is InChI=1S/C11H23N/c1-7-11(8-2,9-3)12(6)10(4)5/h4,7-9H2,1-3,5-6H3. The summed E-state index contributed by atoms with van der Waals surface area (Å²) >= 11 is 0. The zero-order chi connectivity index (χ0) is 9.78. The van der Waals surface area contributed by atoms with Gasteiger partial charge in [0.05, 0.1) is 0 Å². The van der Waals surface area contributed by atoms with Crippen molar-refractivity contribution >= 4 is 0 Å². The maximum absolute atomic E-state index is 3.99. The molecule has 12 heavy (non-hydrogen) atoms. The first-order valence-corrected chi connectivity index (χ1v) is 4.93. The molecule has 0 unspecified atom stereocenters. The zero-order valence-corrected chi connectivity index (χ0v) is 9.28. The van der Waals surface area contributed by atoms with Crippen molar-refractivity contribution in [3.05, 3.63) is 12.3 Å². The van der Waals surface area contributed by atoms with Gasteiger partial charge in [0.2, 0.25) is 0 Å². The molecule has 1 nitrogen and oxygen atoms in total. The first kappa shape index (κ1) is 11.5. The van der Waals surface area contributed by atoms with E-state index in [1.165, 1.54) is 25.0 Å². The van der Waals surface area contributed by atoms with Gasteiger partial charge in [-0.3, -0.25) is 0 Å². The molecule has 0 aromatic heterocycles. The second-order valence-electron chi connectivity index (χ2n) is 3.58. The Bertz CT molecular complexity index is 137. The summed E-state index contributed by atoms with van der Waals surface area (Å²) in [4.78, 5) is 2.33. The maximum Gasteiger partial charge on any atom is 0.0388 e. The van der Waals surface area contributed by atoms with Crippen molar-refractivity contribution in [1.82, 2.24) is 4.90 Å². The van der Waals surface area contributed by atoms with Crippen molar-refractivity contribution in [2.75, 3.05) is 7.05 Å². The van der Waals surface area contributed by atoms with E-state index < -0.39 is 0 Å². The highest BCUT2D eigenvalue weighted by Crippen LogP contribution is 2.28. The third kappa shape index (κ3) is 2.02. The van der Waals surface area contributed by atoms with E-state index in [2.05, 4.69) is 46.2 Å². The van der Waals surface area contributed by atoms with Gasteiger partial charge in [-0.2, -0.15) is 0 Å². The van der Waals surface area contributed by atoms with Gasteiger partial charge in [-0.05, 0) is 26.2 Å². The topological polar surface area (TPSA) is 3.24 Å². The molecule has 0 aromatic carbocycles. The Labute approximate surface area is 77.5 Å². The van der Waals surface area contributed by atoms with Crippen LogP contribution in [0.1, 0.15) is 47.0 Å². The van der Waals surface area contributed by atoms with E-state index in [0.717, 1.165) is 0 Å². The van der Waals surface area contributed by atoms with Crippen LogP contribution in [0.25, 0.3) is 0 Å². The number of hydrogen-bond donors (Lipinski definition) is 0. The number of nitrogens with zero attached hydrogens (tertiary/aromatic N) is 1. The predicted molar refractivity (Wildman–Crippen MR) is 56.2 cm³/mol. The van der Waals surface area contributed by atoms with Crippen LogP contribution in [0.4, 0.5) is 0 Å². The van der Waals surface area contributed by atoms with Gasteiger partial charge in [0.15, 0.2) is 0 Å². The molecule has 0 heterocycles. The number of allylic oxidation sites excluding steroid dienone is 1. The molecular weight excluding hydrogens is 146 g/mol. The summed E-state index contributed by atoms with van der Waals surface area (Å²) in [7, 11) is 2.15. The molecule has 0 N–H and O–H groups in total. The fourth-order valence-corrected chi connectivity index (χ4v) is 1.87. The minimum Gasteiger partial charge on any atom is -0.373 e. The lowest BCUT2D eigenvalue weighted by atomic mass is 9.88. The Kier molecular flexibility index (Phi) is 4.36. The molecule has 0 saturated carbocycles. The molecule has 0 spiro atoms. The van der Waals surface area contributed by atoms with Crippen molar-refractivity contribution in [1.29, 1.82) is 0 Å². The van der Waals surface area contributed by atoms with Crippen LogP contribution in [-0.2, 0) is 0 Å². The molecule has 0 aliphatic heterocycles. The summed E-state index contributed by atoms with van der Waals surface area (Å²) < 4.78 is 0. The molecule has 0 aromatic rings. The Morgan fingerprint density at radius 1 is 1.17 bits per heavy atom. The molecule has 0 fully saturated rings. The van der Waals surface area contributed by atoms with E-state index in [0.29, 0.717) is 5.54 Å². The van der Waals surface area contributed by atoms with Gasteiger partial charge in [0.25, 0.3) is 0 Å². The largest absolute Gasteiger partial charge is 0.373 e. The van der Waals surface area contributed by atoms with Crippen molar-refractivity contribution in [3.8, 4) is 0 Å². The lowest BCUT2D eigenvalue weighted by molar-refractivity contribution is 0.142. The molecular formula is C11H23N. The second-order valence-corrected chi connectivity index (χ2v) is 3.58. The van der Waals surface area contributed by atoms with E-state index in [1.54, 1.807) is 0 Å². The molecule has 0 aliphatic rings. The summed E-state index contributed by atoms with van der Waals surface area (Å²) in [5.74, 6) is 0. The van der Waals surface area contributed by atoms with Crippen LogP contribution in [0.5, 0.6) is 0 Å². The predicted octanol–water partition coefficient (Wildman–Crippen LogP) is 3.42. The van der Waals surface area contributed by atoms with E-state index >= 15 is 0 Å². The first-order valence-electron chi connectivity index (χ1n) is 4.93. The van der Waals surface area contributed by atoms with E-state index in [-0.39, 0.29) is 0 Å². The van der Waals surface area contributed by atoms with E-state index in [4.69, 9.17) is 0 Å². The maximum atomic E-state index is 3.99. The molecule has 0 saturated heterocycles. The minimum atomic E-state index is 0.339. The monoisotopic (exact) mass is 169 g/mol. The van der Waals surface area contributed by atoms with Crippen LogP contribution in [0.15, 0.2) is 12.3 Å². The van der Waals surface area contributed by atoms with Gasteiger partial charge in [0, 0.05) is 18.3 Å². The fraction of sp³-hybridized carbons (Fsp3) is 0.818. The summed E-state index contributed by atoms with van der Waals surface area (Å²) in [6.07, 6.45) is 3.59. The highest BCUT2D eigenvalue weighted by molar-refractivity contribution is 4.98. The molecule has 72 valence electrons. The molecule has 1 heteroatoms. The third-order valence-corrected chi connectivity index (χ3v) is 3.26. The Morgan fingerprint density at radius 2 is 1.50 bits per heavy atom. The summed E-state index contributed by atoms with van der Waals surface area (Å²) in [5, 5.41) is 0. The first-order chi connectivity index (χ1) is 5.54. The summed E-state index contributed by atoms with van der Waals surface area (Å²) in [5.41, 5.74) is 1.51. The second kappa shape index (κ2) is 4.54. The summed E-state index contributed by atoms with van der Waals surface area (Å²) in [6, 6.07) is 0. The van der Waals surface area contributed by atoms with Crippen LogP contribution >= 0.6 is 0 Å². The molecule has 0 aliphatic carbocycles. The lowest BCUT2D eigenvalue weighted by Gasteiger charge is -2.42. The minimum absolute atomic E-state index is 0.339. The van der Waals surface area contributed by atoms with Crippen molar-refractivity contribution in [2.45, 2.75) is 52.5 Å². The van der Waals surface area contributed by atoms with E-state index in [1.807, 2.05) is 0 Å². The lowest BCUT2D eigenvalue weighted by Crippen LogP contribution is -2.43. The molecule has 0 bridgehead atoms. The highest BCUT2D eigenvalue weighted by Gasteiger charge is 2.28. The third-order valence-electron chi connectivity index (χ3n) is 3.26. The average molecular weight is 169 g/mol. The van der Waals surface area contributed by atoms with Crippen LogP contribution in [0.3, 0.4) is 0 Å². The normalized spacial score (nSPS) is 11.4. The van der Waals surface area contributed by atoms with Gasteiger partial charge in [-0.25, -0.2) is 0 Å². The quantitative estimate of drug-likeness (QED) is 0.609. The van der Waals surface area contributed by atoms with Gasteiger partial charge in [-0.1, -0.05) is 27.4 Å². The van der Waals surface area contributed by atoms with Crippen LogP contribution < -0.4 is 0 Å². The van der Waals surface area contributed by atoms with Crippen molar-refractivity contribution in [3.63, 3.8) is 0 Å². The van der Waals surface area contributed by atoms with Gasteiger partial charge in [-0.15, -0.1) is 0 Å². The summed E-state index contributed by atoms with van der Waals surface area (Å²) in [6.45, 7) is 12.8. The smallest absolute Gasteiger partial charge is 0.0388 e. The Hall–Kier alpha value is -0.460. The zero-order valence-electron chi connectivity index (χ0n) is 9.28. The number of rotatable bonds is 5. The van der Waals surface area contributed by atoms with E-state index in [9.17, 15) is 0 Å². The Morgan fingerprint density at radius 3 is 1.58 bits per heavy atom. The SMILES string of the molecule is C=C(C)N(C)C(CC)(CC)CC. The van der Waals surface area contributed by atoms with Gasteiger partial charge >= 0.3 is 0 Å². The molecule has 0 atom stereocenters. The van der Waals surface area contributed by atoms with Crippen LogP contribution in [0, 0.1) is 0 Å². The average Bonchev–Trinajstić information content (AvgIpc) is 2.08. The van der Waals surface area contributed by atoms with Gasteiger partial charge in [0.1, 0.15) is 0 Å². The highest BCUT2D eigenvalue weighted by atomic mass is 15.2. The van der Waals surface area contributed by atoms with Crippen molar-refractivity contribution < 1.29 is 0 Å². The molecule has 0 amide bonds. The fourth-order valence-electron chi connectivity index (χ4n) is 1.87.